The number of ether oxygens (including phenoxy) is 1. The lowest BCUT2D eigenvalue weighted by atomic mass is 9.41. The van der Waals surface area contributed by atoms with Gasteiger partial charge in [0.15, 0.2) is 0 Å². The number of fused-ring (bicyclic) bond motifs is 5. The number of hydrogen-bond donors (Lipinski definition) is 3. The van der Waals surface area contributed by atoms with Gasteiger partial charge in [-0.1, -0.05) is 12.5 Å². The lowest BCUT2D eigenvalue weighted by Gasteiger charge is -2.66. The van der Waals surface area contributed by atoms with Crippen LogP contribution in [0, 0.1) is 22.7 Å². The van der Waals surface area contributed by atoms with Crippen LogP contribution in [0.3, 0.4) is 0 Å². The average Bonchev–Trinajstić information content (AvgIpc) is 3.09. The molecule has 7 heteroatoms. The first-order valence-electron chi connectivity index (χ1n) is 13.5. The second-order valence-corrected chi connectivity index (χ2v) is 12.5. The van der Waals surface area contributed by atoms with Crippen molar-refractivity contribution in [2.45, 2.75) is 102 Å². The number of aliphatic hydroxyl groups excluding tert-OH is 1. The Hall–Kier alpha value is -1.96. The molecule has 36 heavy (non-hydrogen) atoms. The second kappa shape index (κ2) is 8.81. The molecule has 0 amide bonds. The van der Waals surface area contributed by atoms with Gasteiger partial charge in [0.2, 0.25) is 0 Å². The third-order valence-electron chi connectivity index (χ3n) is 10.7. The molecule has 0 aliphatic heterocycles. The van der Waals surface area contributed by atoms with E-state index in [0.29, 0.717) is 38.5 Å². The monoisotopic (exact) mass is 500 g/mol. The summed E-state index contributed by atoms with van der Waals surface area (Å²) in [6.45, 7) is 5.71. The van der Waals surface area contributed by atoms with Crippen molar-refractivity contribution in [1.82, 2.24) is 0 Å². The summed E-state index contributed by atoms with van der Waals surface area (Å²) in [6, 6.07) is 3.28. The third-order valence-corrected chi connectivity index (χ3v) is 10.7. The lowest BCUT2D eigenvalue weighted by Crippen LogP contribution is -2.69. The van der Waals surface area contributed by atoms with Crippen LogP contribution >= 0.6 is 0 Å². The van der Waals surface area contributed by atoms with Gasteiger partial charge in [-0.15, -0.1) is 0 Å². The molecule has 4 fully saturated rings. The molecular weight excluding hydrogens is 460 g/mol. The second-order valence-electron chi connectivity index (χ2n) is 12.5. The Balaban J connectivity index is 1.42. The molecule has 0 radical (unpaired) electrons. The molecule has 198 valence electrons. The minimum Gasteiger partial charge on any atom is -0.459 e. The van der Waals surface area contributed by atoms with Crippen molar-refractivity contribution in [3.63, 3.8) is 0 Å². The van der Waals surface area contributed by atoms with E-state index in [-0.39, 0.29) is 47.5 Å². The summed E-state index contributed by atoms with van der Waals surface area (Å²) in [5.74, 6) is -0.343. The van der Waals surface area contributed by atoms with Gasteiger partial charge < -0.3 is 24.5 Å². The van der Waals surface area contributed by atoms with Crippen molar-refractivity contribution < 1.29 is 29.3 Å². The van der Waals surface area contributed by atoms with Crippen LogP contribution in [-0.4, -0.2) is 45.2 Å². The zero-order chi connectivity index (χ0) is 25.9. The van der Waals surface area contributed by atoms with E-state index in [1.54, 1.807) is 6.26 Å². The topological polar surface area (TPSA) is 117 Å². The summed E-state index contributed by atoms with van der Waals surface area (Å²) < 4.78 is 10.8. The number of carbonyl (C=O) groups is 1. The highest BCUT2D eigenvalue weighted by atomic mass is 16.5. The third kappa shape index (κ3) is 3.64. The molecular formula is C29H40O7. The van der Waals surface area contributed by atoms with Crippen LogP contribution in [-0.2, 0) is 9.53 Å². The predicted octanol–water partition coefficient (Wildman–Crippen LogP) is 3.85. The highest BCUT2D eigenvalue weighted by molar-refractivity contribution is 5.82. The van der Waals surface area contributed by atoms with Crippen molar-refractivity contribution in [2.75, 3.05) is 6.61 Å². The molecule has 8 unspecified atom stereocenters. The van der Waals surface area contributed by atoms with Gasteiger partial charge in [0.25, 0.3) is 0 Å². The van der Waals surface area contributed by atoms with Crippen molar-refractivity contribution >= 4 is 5.97 Å². The van der Waals surface area contributed by atoms with E-state index < -0.39 is 16.6 Å². The van der Waals surface area contributed by atoms with Gasteiger partial charge in [-0.25, -0.2) is 9.59 Å². The summed E-state index contributed by atoms with van der Waals surface area (Å²) in [5, 5.41) is 35.2. The molecule has 0 spiro atoms. The first kappa shape index (κ1) is 25.7. The van der Waals surface area contributed by atoms with E-state index in [1.165, 1.54) is 12.1 Å². The summed E-state index contributed by atoms with van der Waals surface area (Å²) in [4.78, 5) is 23.8. The molecule has 7 nitrogen and oxygen atoms in total. The van der Waals surface area contributed by atoms with E-state index in [1.807, 2.05) is 19.9 Å². The fraction of sp³-hybridized carbons (Fsp3) is 0.724. The van der Waals surface area contributed by atoms with Gasteiger partial charge in [0, 0.05) is 29.4 Å². The molecule has 5 rings (SSSR count). The van der Waals surface area contributed by atoms with Crippen LogP contribution in [0.5, 0.6) is 0 Å². The molecule has 1 heterocycles. The SMILES string of the molecule is CC(C)=CC(=O)OC1CCC2(CO)C3CCC4(C)C(c5ccc(=O)oc5)CCC4(O)C3CCC2(O)C1. The maximum atomic E-state index is 12.4. The van der Waals surface area contributed by atoms with Crippen LogP contribution < -0.4 is 5.63 Å². The highest BCUT2D eigenvalue weighted by Crippen LogP contribution is 2.71. The van der Waals surface area contributed by atoms with E-state index >= 15 is 0 Å². The first-order chi connectivity index (χ1) is 17.0. The smallest absolute Gasteiger partial charge is 0.335 e. The molecule has 4 aliphatic rings. The molecule has 1 aromatic rings. The Morgan fingerprint density at radius 2 is 1.83 bits per heavy atom. The van der Waals surface area contributed by atoms with Crippen molar-refractivity contribution in [3.05, 3.63) is 46.0 Å². The van der Waals surface area contributed by atoms with E-state index in [0.717, 1.165) is 30.4 Å². The van der Waals surface area contributed by atoms with Gasteiger partial charge in [0.05, 0.1) is 24.1 Å². The van der Waals surface area contributed by atoms with E-state index in [4.69, 9.17) is 9.15 Å². The zero-order valence-corrected chi connectivity index (χ0v) is 21.7. The van der Waals surface area contributed by atoms with Crippen molar-refractivity contribution in [1.29, 1.82) is 0 Å². The molecule has 3 N–H and O–H groups in total. The zero-order valence-electron chi connectivity index (χ0n) is 21.7. The minimum atomic E-state index is -1.14. The van der Waals surface area contributed by atoms with Gasteiger partial charge in [-0.3, -0.25) is 0 Å². The van der Waals surface area contributed by atoms with E-state index in [9.17, 15) is 24.9 Å². The lowest BCUT2D eigenvalue weighted by molar-refractivity contribution is -0.269. The Bertz CT molecular complexity index is 1080. The summed E-state index contributed by atoms with van der Waals surface area (Å²) in [6.07, 6.45) is 8.28. The highest BCUT2D eigenvalue weighted by Gasteiger charge is 2.71. The molecule has 8 atom stereocenters. The standard InChI is InChI=1S/C29H40O7/c1-18(2)14-25(32)36-20-6-11-27(17-30)22-7-10-26(3)21(19-4-5-24(31)35-16-19)9-13-29(26,34)23(22)8-12-28(27,33)15-20/h4-5,14,16,20-23,30,33-34H,6-13,15,17H2,1-3H3. The van der Waals surface area contributed by atoms with Gasteiger partial charge in [-0.2, -0.15) is 0 Å². The quantitative estimate of drug-likeness (QED) is 0.425. The maximum absolute atomic E-state index is 12.4. The number of rotatable bonds is 4. The van der Waals surface area contributed by atoms with Crippen LogP contribution in [0.1, 0.15) is 90.0 Å². The molecule has 4 saturated carbocycles. The maximum Gasteiger partial charge on any atom is 0.335 e. The number of aliphatic hydroxyl groups is 3. The Kier molecular flexibility index (Phi) is 6.29. The number of hydrogen-bond acceptors (Lipinski definition) is 7. The average molecular weight is 501 g/mol. The number of allylic oxidation sites excluding steroid dienone is 1. The molecule has 0 bridgehead atoms. The predicted molar refractivity (Wildman–Crippen MR) is 133 cm³/mol. The van der Waals surface area contributed by atoms with Crippen molar-refractivity contribution in [3.8, 4) is 0 Å². The largest absolute Gasteiger partial charge is 0.459 e. The summed E-state index contributed by atoms with van der Waals surface area (Å²) >= 11 is 0. The Morgan fingerprint density at radius 1 is 1.08 bits per heavy atom. The molecule has 0 aromatic carbocycles. The van der Waals surface area contributed by atoms with Gasteiger partial charge in [-0.05, 0) is 94.6 Å². The molecule has 0 saturated heterocycles. The summed E-state index contributed by atoms with van der Waals surface area (Å²) in [7, 11) is 0. The fourth-order valence-corrected chi connectivity index (χ4v) is 8.95. The van der Waals surface area contributed by atoms with Crippen molar-refractivity contribution in [2.24, 2.45) is 22.7 Å². The minimum absolute atomic E-state index is 0.0128. The van der Waals surface area contributed by atoms with E-state index in [2.05, 4.69) is 6.92 Å². The number of esters is 1. The van der Waals surface area contributed by atoms with Crippen LogP contribution in [0.2, 0.25) is 0 Å². The first-order valence-corrected chi connectivity index (χ1v) is 13.5. The van der Waals surface area contributed by atoms with Crippen LogP contribution in [0.25, 0.3) is 0 Å². The Morgan fingerprint density at radius 3 is 2.50 bits per heavy atom. The van der Waals surface area contributed by atoms with Gasteiger partial charge in [0.1, 0.15) is 6.10 Å². The summed E-state index contributed by atoms with van der Waals surface area (Å²) in [5.41, 5.74) is -1.71. The fourth-order valence-electron chi connectivity index (χ4n) is 8.95. The number of carbonyl (C=O) groups excluding carboxylic acids is 1. The normalized spacial score (nSPS) is 43.6. The van der Waals surface area contributed by atoms with Crippen LogP contribution in [0.15, 0.2) is 39.3 Å². The molecule has 1 aromatic heterocycles. The Labute approximate surface area is 212 Å². The van der Waals surface area contributed by atoms with Gasteiger partial charge >= 0.3 is 11.6 Å². The molecule has 4 aliphatic carbocycles. The van der Waals surface area contributed by atoms with Crippen LogP contribution in [0.4, 0.5) is 0 Å².